The number of amides is 2. The lowest BCUT2D eigenvalue weighted by molar-refractivity contribution is -0.124. The highest BCUT2D eigenvalue weighted by molar-refractivity contribution is 8.26. The Morgan fingerprint density at radius 3 is 2.79 bits per heavy atom. The first kappa shape index (κ1) is 21.2. The molecule has 2 aliphatic rings. The third kappa shape index (κ3) is 5.28. The second kappa shape index (κ2) is 9.78. The van der Waals surface area contributed by atoms with Gasteiger partial charge in [-0.25, -0.2) is 0 Å². The summed E-state index contributed by atoms with van der Waals surface area (Å²) in [6.07, 6.45) is 2.14. The summed E-state index contributed by atoms with van der Waals surface area (Å²) in [6.45, 7) is 0.403. The van der Waals surface area contributed by atoms with Crippen LogP contribution in [0.25, 0.3) is 6.08 Å². The summed E-state index contributed by atoms with van der Waals surface area (Å²) in [4.78, 5) is 26.8. The number of carbonyl (C=O) groups is 2. The molecule has 0 aromatic heterocycles. The van der Waals surface area contributed by atoms with Gasteiger partial charge in [-0.15, -0.1) is 0 Å². The van der Waals surface area contributed by atoms with E-state index in [4.69, 9.17) is 17.0 Å². The molecule has 2 aliphatic heterocycles. The molecular weight excluding hydrogens is 416 g/mol. The number of hydrogen-bond acceptors (Lipinski definition) is 7. The van der Waals surface area contributed by atoms with Crippen LogP contribution in [0, 0.1) is 0 Å². The molecule has 0 saturated carbocycles. The normalized spacial score (nSPS) is 23.5. The van der Waals surface area contributed by atoms with Crippen molar-refractivity contribution in [1.29, 1.82) is 0 Å². The van der Waals surface area contributed by atoms with Crippen LogP contribution in [-0.2, 0) is 9.59 Å². The molecule has 2 N–H and O–H groups in total. The number of thioether (sulfide) groups is 2. The highest BCUT2D eigenvalue weighted by Gasteiger charge is 2.32. The van der Waals surface area contributed by atoms with Gasteiger partial charge in [-0.2, -0.15) is 11.8 Å². The number of nitrogens with zero attached hydrogens (tertiary/aromatic N) is 1. The molecule has 150 valence electrons. The van der Waals surface area contributed by atoms with E-state index in [0.717, 1.165) is 17.1 Å². The molecule has 0 aliphatic carbocycles. The Morgan fingerprint density at radius 2 is 2.14 bits per heavy atom. The van der Waals surface area contributed by atoms with Crippen molar-refractivity contribution in [2.24, 2.45) is 0 Å². The largest absolute Gasteiger partial charge is 0.497 e. The van der Waals surface area contributed by atoms with Crippen molar-refractivity contribution in [3.05, 3.63) is 34.7 Å². The molecule has 3 rings (SSSR count). The van der Waals surface area contributed by atoms with Gasteiger partial charge in [0, 0.05) is 24.5 Å². The van der Waals surface area contributed by atoms with Crippen molar-refractivity contribution in [2.75, 3.05) is 25.2 Å². The zero-order chi connectivity index (χ0) is 20.1. The van der Waals surface area contributed by atoms with Crippen LogP contribution in [0.15, 0.2) is 29.2 Å². The average molecular weight is 439 g/mol. The number of ether oxygens (including phenoxy) is 1. The van der Waals surface area contributed by atoms with E-state index in [1.165, 1.54) is 11.8 Å². The molecule has 2 saturated heterocycles. The molecule has 1 aromatic rings. The van der Waals surface area contributed by atoms with Crippen molar-refractivity contribution in [3.63, 3.8) is 0 Å². The fourth-order valence-corrected chi connectivity index (χ4v) is 5.38. The Morgan fingerprint density at radius 1 is 1.39 bits per heavy atom. The Labute approximate surface area is 178 Å². The van der Waals surface area contributed by atoms with Crippen LogP contribution in [-0.4, -0.2) is 63.4 Å². The van der Waals surface area contributed by atoms with E-state index in [1.54, 1.807) is 23.8 Å². The third-order valence-electron chi connectivity index (χ3n) is 4.47. The number of thiocarbonyl (C=S) groups is 1. The van der Waals surface area contributed by atoms with Crippen molar-refractivity contribution < 1.29 is 19.4 Å². The quantitative estimate of drug-likeness (QED) is 0.499. The van der Waals surface area contributed by atoms with Crippen molar-refractivity contribution in [2.45, 2.75) is 25.0 Å². The van der Waals surface area contributed by atoms with Gasteiger partial charge >= 0.3 is 0 Å². The van der Waals surface area contributed by atoms with Crippen LogP contribution in [0.4, 0.5) is 0 Å². The molecule has 0 spiro atoms. The molecule has 28 heavy (non-hydrogen) atoms. The Hall–Kier alpha value is -1.55. The summed E-state index contributed by atoms with van der Waals surface area (Å²) in [5, 5.41) is 12.6. The molecule has 2 fully saturated rings. The summed E-state index contributed by atoms with van der Waals surface area (Å²) >= 11 is 8.23. The highest BCUT2D eigenvalue weighted by Crippen LogP contribution is 2.33. The number of hydrogen-bond donors (Lipinski definition) is 2. The zero-order valence-electron chi connectivity index (χ0n) is 15.4. The second-order valence-electron chi connectivity index (χ2n) is 6.49. The lowest BCUT2D eigenvalue weighted by atomic mass is 10.2. The first-order valence-corrected chi connectivity index (χ1v) is 11.3. The van der Waals surface area contributed by atoms with E-state index in [0.29, 0.717) is 34.4 Å². The molecule has 0 bridgehead atoms. The Balaban J connectivity index is 1.50. The minimum Gasteiger partial charge on any atom is -0.497 e. The van der Waals surface area contributed by atoms with E-state index in [9.17, 15) is 14.7 Å². The van der Waals surface area contributed by atoms with Gasteiger partial charge in [0.15, 0.2) is 0 Å². The van der Waals surface area contributed by atoms with E-state index in [1.807, 2.05) is 30.3 Å². The fraction of sp³-hybridized carbons (Fsp3) is 0.421. The minimum absolute atomic E-state index is 0.106. The zero-order valence-corrected chi connectivity index (χ0v) is 17.9. The van der Waals surface area contributed by atoms with Gasteiger partial charge in [0.2, 0.25) is 5.91 Å². The van der Waals surface area contributed by atoms with Crippen LogP contribution >= 0.6 is 35.7 Å². The molecule has 2 atom stereocenters. The first-order valence-electron chi connectivity index (χ1n) is 8.92. The first-order chi connectivity index (χ1) is 13.5. The number of methoxy groups -OCH3 is 1. The molecule has 9 heteroatoms. The van der Waals surface area contributed by atoms with Crippen LogP contribution in [0.3, 0.4) is 0 Å². The molecular formula is C19H22N2O4S3. The number of benzene rings is 1. The van der Waals surface area contributed by atoms with Crippen molar-refractivity contribution in [3.8, 4) is 5.75 Å². The number of carbonyl (C=O) groups excluding carboxylic acids is 2. The van der Waals surface area contributed by atoms with Gasteiger partial charge in [-0.1, -0.05) is 36.1 Å². The topological polar surface area (TPSA) is 78.9 Å². The molecule has 0 unspecified atom stereocenters. The number of rotatable bonds is 7. The van der Waals surface area contributed by atoms with Crippen molar-refractivity contribution in [1.82, 2.24) is 10.2 Å². The monoisotopic (exact) mass is 438 g/mol. The summed E-state index contributed by atoms with van der Waals surface area (Å²) in [7, 11) is 1.61. The van der Waals surface area contributed by atoms with E-state index >= 15 is 0 Å². The Kier molecular flexibility index (Phi) is 7.39. The SMILES string of the molecule is COc1ccc(/C=C2\SC(=S)N(CCCC(=O)N[C@@H]3CSC[C@H]3O)C2=O)cc1. The number of nitrogens with one attached hydrogen (secondary N) is 1. The van der Waals surface area contributed by atoms with Crippen LogP contribution in [0.2, 0.25) is 0 Å². The molecule has 0 radical (unpaired) electrons. The summed E-state index contributed by atoms with van der Waals surface area (Å²) in [5.74, 6) is 1.91. The fourth-order valence-electron chi connectivity index (χ4n) is 2.90. The van der Waals surface area contributed by atoms with E-state index in [2.05, 4.69) is 5.32 Å². The summed E-state index contributed by atoms with van der Waals surface area (Å²) in [5.41, 5.74) is 0.897. The van der Waals surface area contributed by atoms with E-state index < -0.39 is 6.10 Å². The van der Waals surface area contributed by atoms with Gasteiger partial charge in [0.1, 0.15) is 10.1 Å². The molecule has 1 aromatic carbocycles. The third-order valence-corrected chi connectivity index (χ3v) is 7.02. The number of aliphatic hydroxyl groups is 1. The average Bonchev–Trinajstić information content (AvgIpc) is 3.20. The maximum absolute atomic E-state index is 12.6. The van der Waals surface area contributed by atoms with E-state index in [-0.39, 0.29) is 17.9 Å². The van der Waals surface area contributed by atoms with Gasteiger partial charge < -0.3 is 15.2 Å². The van der Waals surface area contributed by atoms with Gasteiger partial charge in [-0.05, 0) is 30.2 Å². The summed E-state index contributed by atoms with van der Waals surface area (Å²) in [6, 6.07) is 7.26. The van der Waals surface area contributed by atoms with Gasteiger partial charge in [-0.3, -0.25) is 14.5 Å². The lowest BCUT2D eigenvalue weighted by Gasteiger charge is -2.17. The maximum atomic E-state index is 12.6. The predicted octanol–water partition coefficient (Wildman–Crippen LogP) is 2.27. The number of aliphatic hydroxyl groups excluding tert-OH is 1. The lowest BCUT2D eigenvalue weighted by Crippen LogP contribution is -2.42. The molecule has 2 amide bonds. The molecule has 2 heterocycles. The molecule has 6 nitrogen and oxygen atoms in total. The van der Waals surface area contributed by atoms with Crippen LogP contribution < -0.4 is 10.1 Å². The van der Waals surface area contributed by atoms with Gasteiger partial charge in [0.25, 0.3) is 5.91 Å². The van der Waals surface area contributed by atoms with Crippen LogP contribution in [0.5, 0.6) is 5.75 Å². The standard InChI is InChI=1S/C19H22N2O4S3/c1-25-13-6-4-12(5-7-13)9-16-18(24)21(19(26)28-16)8-2-3-17(23)20-14-10-27-11-15(14)22/h4-7,9,14-15,22H,2-3,8,10-11H2,1H3,(H,20,23)/b16-9-/t14-,15-/m1/s1. The van der Waals surface area contributed by atoms with Crippen molar-refractivity contribution >= 4 is 58.0 Å². The minimum atomic E-state index is -0.483. The Bertz CT molecular complexity index is 782. The second-order valence-corrected chi connectivity index (χ2v) is 9.24. The maximum Gasteiger partial charge on any atom is 0.266 e. The van der Waals surface area contributed by atoms with Crippen LogP contribution in [0.1, 0.15) is 18.4 Å². The van der Waals surface area contributed by atoms with Gasteiger partial charge in [0.05, 0.1) is 24.2 Å². The summed E-state index contributed by atoms with van der Waals surface area (Å²) < 4.78 is 5.64. The smallest absolute Gasteiger partial charge is 0.266 e. The predicted molar refractivity (Wildman–Crippen MR) is 117 cm³/mol. The highest BCUT2D eigenvalue weighted by atomic mass is 32.2.